The molecule has 2 aliphatic rings. The van der Waals surface area contributed by atoms with Crippen molar-refractivity contribution >= 4 is 34.2 Å². The summed E-state index contributed by atoms with van der Waals surface area (Å²) in [4.78, 5) is 32.4. The third-order valence-corrected chi connectivity index (χ3v) is 4.57. The van der Waals surface area contributed by atoms with Gasteiger partial charge in [0.15, 0.2) is 5.82 Å². The highest BCUT2D eigenvalue weighted by atomic mass is 32.1. The van der Waals surface area contributed by atoms with E-state index in [9.17, 15) is 9.59 Å². The number of carbonyl (C=O) groups excluding carboxylic acids is 1. The third kappa shape index (κ3) is 2.31. The minimum absolute atomic E-state index is 0.126. The Kier molecular flexibility index (Phi) is 3.47. The standard InChI is InChI=1S/C12H16N4O3S/c17-9-2-1-3-16(9)10-11(20-8-13-10)14-4-6-15(7-5-14)12(18)19/h8H,1-7H2,(H,18,19). The smallest absolute Gasteiger partial charge is 0.407 e. The van der Waals surface area contributed by atoms with Crippen molar-refractivity contribution in [3.63, 3.8) is 0 Å². The fraction of sp³-hybridized carbons (Fsp3) is 0.583. The van der Waals surface area contributed by atoms with Crippen LogP contribution in [0.1, 0.15) is 12.8 Å². The van der Waals surface area contributed by atoms with E-state index in [1.165, 1.54) is 16.2 Å². The SMILES string of the molecule is O=C(O)N1CCN(c2scnc2N2CCCC2=O)CC1. The first-order valence-electron chi connectivity index (χ1n) is 6.63. The van der Waals surface area contributed by atoms with Crippen molar-refractivity contribution in [1.29, 1.82) is 0 Å². The number of hydrogen-bond donors (Lipinski definition) is 1. The molecule has 108 valence electrons. The number of anilines is 2. The molecule has 2 aliphatic heterocycles. The van der Waals surface area contributed by atoms with E-state index in [1.54, 1.807) is 10.4 Å². The summed E-state index contributed by atoms with van der Waals surface area (Å²) in [6, 6.07) is 0. The summed E-state index contributed by atoms with van der Waals surface area (Å²) in [6.07, 6.45) is 0.593. The van der Waals surface area contributed by atoms with E-state index in [1.807, 2.05) is 0 Å². The molecule has 0 bridgehead atoms. The first-order chi connectivity index (χ1) is 9.66. The van der Waals surface area contributed by atoms with Gasteiger partial charge in [-0.15, -0.1) is 11.3 Å². The minimum atomic E-state index is -0.871. The maximum absolute atomic E-state index is 11.8. The van der Waals surface area contributed by atoms with E-state index in [0.29, 0.717) is 32.6 Å². The van der Waals surface area contributed by atoms with Crippen molar-refractivity contribution < 1.29 is 14.7 Å². The van der Waals surface area contributed by atoms with Crippen LogP contribution in [0.2, 0.25) is 0 Å². The molecule has 1 aromatic rings. The average molecular weight is 296 g/mol. The van der Waals surface area contributed by atoms with Gasteiger partial charge in [-0.1, -0.05) is 0 Å². The number of carbonyl (C=O) groups is 2. The van der Waals surface area contributed by atoms with Gasteiger partial charge in [-0.2, -0.15) is 0 Å². The van der Waals surface area contributed by atoms with Crippen molar-refractivity contribution in [3.05, 3.63) is 5.51 Å². The minimum Gasteiger partial charge on any atom is -0.465 e. The normalized spacial score (nSPS) is 19.8. The van der Waals surface area contributed by atoms with E-state index in [4.69, 9.17) is 5.11 Å². The third-order valence-electron chi connectivity index (χ3n) is 3.70. The molecule has 3 rings (SSSR count). The Morgan fingerprint density at radius 2 is 2.00 bits per heavy atom. The van der Waals surface area contributed by atoms with Crippen LogP contribution >= 0.6 is 11.3 Å². The quantitative estimate of drug-likeness (QED) is 0.883. The molecule has 0 atom stereocenters. The first kappa shape index (κ1) is 13.2. The lowest BCUT2D eigenvalue weighted by atomic mass is 10.3. The van der Waals surface area contributed by atoms with Gasteiger partial charge in [-0.25, -0.2) is 9.78 Å². The van der Waals surface area contributed by atoms with Gasteiger partial charge in [0, 0.05) is 39.1 Å². The van der Waals surface area contributed by atoms with Crippen molar-refractivity contribution in [3.8, 4) is 0 Å². The number of piperazine rings is 1. The number of aromatic nitrogens is 1. The number of nitrogens with zero attached hydrogens (tertiary/aromatic N) is 4. The summed E-state index contributed by atoms with van der Waals surface area (Å²) in [5, 5.41) is 9.94. The lowest BCUT2D eigenvalue weighted by Gasteiger charge is -2.34. The van der Waals surface area contributed by atoms with Crippen LogP contribution in [0.5, 0.6) is 0 Å². The molecule has 2 saturated heterocycles. The zero-order valence-electron chi connectivity index (χ0n) is 11.0. The highest BCUT2D eigenvalue weighted by Gasteiger charge is 2.29. The van der Waals surface area contributed by atoms with Crippen molar-refractivity contribution in [2.75, 3.05) is 42.5 Å². The zero-order valence-corrected chi connectivity index (χ0v) is 11.8. The molecule has 2 fully saturated rings. The Hall–Kier alpha value is -1.83. The monoisotopic (exact) mass is 296 g/mol. The topological polar surface area (TPSA) is 77.0 Å². The molecule has 7 nitrogen and oxygen atoms in total. The fourth-order valence-corrected chi connectivity index (χ4v) is 3.46. The summed E-state index contributed by atoms with van der Waals surface area (Å²) in [5.41, 5.74) is 1.75. The lowest BCUT2D eigenvalue weighted by Crippen LogP contribution is -2.48. The number of rotatable bonds is 2. The van der Waals surface area contributed by atoms with Gasteiger partial charge in [-0.3, -0.25) is 9.69 Å². The molecule has 0 spiro atoms. The molecule has 0 radical (unpaired) electrons. The summed E-state index contributed by atoms with van der Waals surface area (Å²) >= 11 is 1.51. The number of hydrogen-bond acceptors (Lipinski definition) is 5. The van der Waals surface area contributed by atoms with Crippen LogP contribution in [0.4, 0.5) is 15.6 Å². The Bertz CT molecular complexity index is 525. The van der Waals surface area contributed by atoms with E-state index >= 15 is 0 Å². The Morgan fingerprint density at radius 3 is 2.60 bits per heavy atom. The Labute approximate surface area is 120 Å². The molecular formula is C12H16N4O3S. The maximum Gasteiger partial charge on any atom is 0.407 e. The maximum atomic E-state index is 11.8. The molecule has 2 amide bonds. The van der Waals surface area contributed by atoms with E-state index in [2.05, 4.69) is 9.88 Å². The van der Waals surface area contributed by atoms with Crippen molar-refractivity contribution in [1.82, 2.24) is 9.88 Å². The zero-order chi connectivity index (χ0) is 14.1. The molecule has 0 aliphatic carbocycles. The van der Waals surface area contributed by atoms with Crippen LogP contribution in [-0.4, -0.2) is 59.7 Å². The van der Waals surface area contributed by atoms with Gasteiger partial charge < -0.3 is 14.9 Å². The van der Waals surface area contributed by atoms with Crippen LogP contribution in [0, 0.1) is 0 Å². The van der Waals surface area contributed by atoms with Gasteiger partial charge in [0.25, 0.3) is 0 Å². The number of carboxylic acid groups (broad SMARTS) is 1. The largest absolute Gasteiger partial charge is 0.465 e. The summed E-state index contributed by atoms with van der Waals surface area (Å²) in [6.45, 7) is 2.99. The molecule has 0 saturated carbocycles. The van der Waals surface area contributed by atoms with Gasteiger partial charge >= 0.3 is 6.09 Å². The van der Waals surface area contributed by atoms with Gasteiger partial charge in [0.2, 0.25) is 5.91 Å². The summed E-state index contributed by atoms with van der Waals surface area (Å²) < 4.78 is 0. The lowest BCUT2D eigenvalue weighted by molar-refractivity contribution is -0.117. The van der Waals surface area contributed by atoms with E-state index < -0.39 is 6.09 Å². The predicted octanol–water partition coefficient (Wildman–Crippen LogP) is 1.07. The number of thiazole rings is 1. The second kappa shape index (κ2) is 5.28. The van der Waals surface area contributed by atoms with Gasteiger partial charge in [0.05, 0.1) is 5.51 Å². The van der Waals surface area contributed by atoms with Crippen LogP contribution < -0.4 is 9.80 Å². The highest BCUT2D eigenvalue weighted by Crippen LogP contribution is 2.35. The van der Waals surface area contributed by atoms with Crippen LogP contribution in [0.25, 0.3) is 0 Å². The van der Waals surface area contributed by atoms with Crippen LogP contribution in [0.3, 0.4) is 0 Å². The molecule has 1 N–H and O–H groups in total. The van der Waals surface area contributed by atoms with Crippen molar-refractivity contribution in [2.24, 2.45) is 0 Å². The molecule has 0 aromatic carbocycles. The predicted molar refractivity (Wildman–Crippen MR) is 75.5 cm³/mol. The first-order valence-corrected chi connectivity index (χ1v) is 7.51. The Morgan fingerprint density at radius 1 is 1.25 bits per heavy atom. The molecule has 20 heavy (non-hydrogen) atoms. The van der Waals surface area contributed by atoms with E-state index in [0.717, 1.165) is 23.8 Å². The molecular weight excluding hydrogens is 280 g/mol. The van der Waals surface area contributed by atoms with Crippen LogP contribution in [-0.2, 0) is 4.79 Å². The van der Waals surface area contributed by atoms with Gasteiger partial charge in [-0.05, 0) is 6.42 Å². The molecule has 1 aromatic heterocycles. The molecule has 0 unspecified atom stereocenters. The fourth-order valence-electron chi connectivity index (χ4n) is 2.61. The van der Waals surface area contributed by atoms with Gasteiger partial charge in [0.1, 0.15) is 5.00 Å². The highest BCUT2D eigenvalue weighted by molar-refractivity contribution is 7.14. The van der Waals surface area contributed by atoms with E-state index in [-0.39, 0.29) is 5.91 Å². The molecule has 3 heterocycles. The second-order valence-electron chi connectivity index (χ2n) is 4.89. The van der Waals surface area contributed by atoms with Crippen LogP contribution in [0.15, 0.2) is 5.51 Å². The van der Waals surface area contributed by atoms with Crippen molar-refractivity contribution in [2.45, 2.75) is 12.8 Å². The summed E-state index contributed by atoms with van der Waals surface area (Å²) in [5.74, 6) is 0.864. The number of amides is 2. The Balaban J connectivity index is 1.74. The summed E-state index contributed by atoms with van der Waals surface area (Å²) in [7, 11) is 0. The molecule has 8 heteroatoms. The second-order valence-corrected chi connectivity index (χ2v) is 5.72. The average Bonchev–Trinajstić information content (AvgIpc) is 3.07.